The van der Waals surface area contributed by atoms with Crippen LogP contribution in [0.25, 0.3) is 0 Å². The molecule has 13 heteroatoms. The zero-order chi connectivity index (χ0) is 26.8. The molecular formula is C24H27NO10S2. The van der Waals surface area contributed by atoms with Crippen molar-refractivity contribution in [2.75, 3.05) is 13.2 Å². The Morgan fingerprint density at radius 2 is 1.43 bits per heavy atom. The molecule has 2 heterocycles. The lowest BCUT2D eigenvalue weighted by atomic mass is 9.95. The SMILES string of the molecule is O=C(O)c1cccc(S(=O)(=O)NS(=O)(=O)c2c3ccc(C(=O)O)c2CCOC2CCC(CC2)OCC3)c1. The summed E-state index contributed by atoms with van der Waals surface area (Å²) in [6, 6.07) is 6.89. The van der Waals surface area contributed by atoms with Crippen LogP contribution in [-0.2, 0) is 42.4 Å². The molecule has 0 unspecified atom stereocenters. The van der Waals surface area contributed by atoms with Crippen molar-refractivity contribution >= 4 is 32.0 Å². The van der Waals surface area contributed by atoms with Crippen LogP contribution in [0.1, 0.15) is 57.5 Å². The van der Waals surface area contributed by atoms with Crippen LogP contribution in [-0.4, -0.2) is 64.4 Å². The first-order valence-electron chi connectivity index (χ1n) is 11.7. The van der Waals surface area contributed by atoms with Gasteiger partial charge in [-0.25, -0.2) is 26.4 Å². The van der Waals surface area contributed by atoms with Gasteiger partial charge in [0.1, 0.15) is 0 Å². The fourth-order valence-electron chi connectivity index (χ4n) is 4.72. The summed E-state index contributed by atoms with van der Waals surface area (Å²) in [5.41, 5.74) is -0.487. The van der Waals surface area contributed by atoms with Crippen LogP contribution in [0.3, 0.4) is 0 Å². The van der Waals surface area contributed by atoms with E-state index in [-0.39, 0.29) is 60.5 Å². The third kappa shape index (κ3) is 6.18. The molecule has 2 aromatic rings. The van der Waals surface area contributed by atoms with Crippen LogP contribution in [0.5, 0.6) is 0 Å². The smallest absolute Gasteiger partial charge is 0.336 e. The van der Waals surface area contributed by atoms with E-state index in [0.717, 1.165) is 37.8 Å². The molecule has 1 aliphatic carbocycles. The third-order valence-corrected chi connectivity index (χ3v) is 10.2. The van der Waals surface area contributed by atoms with Gasteiger partial charge in [-0.05, 0) is 73.9 Å². The van der Waals surface area contributed by atoms with Gasteiger partial charge in [-0.1, -0.05) is 12.1 Å². The molecule has 1 saturated carbocycles. The number of carbonyl (C=O) groups is 2. The lowest BCUT2D eigenvalue weighted by Crippen LogP contribution is -2.33. The third-order valence-electron chi connectivity index (χ3n) is 6.50. The van der Waals surface area contributed by atoms with Gasteiger partial charge in [0.2, 0.25) is 0 Å². The van der Waals surface area contributed by atoms with E-state index in [0.29, 0.717) is 0 Å². The maximum atomic E-state index is 13.6. The molecule has 4 bridgehead atoms. The maximum absolute atomic E-state index is 13.6. The second-order valence-electron chi connectivity index (χ2n) is 8.95. The van der Waals surface area contributed by atoms with Crippen molar-refractivity contribution < 1.29 is 46.1 Å². The summed E-state index contributed by atoms with van der Waals surface area (Å²) >= 11 is 0. The van der Waals surface area contributed by atoms with Gasteiger partial charge >= 0.3 is 11.9 Å². The van der Waals surface area contributed by atoms with Gasteiger partial charge in [-0.15, -0.1) is 4.13 Å². The number of benzene rings is 2. The van der Waals surface area contributed by atoms with Crippen molar-refractivity contribution in [3.05, 3.63) is 58.7 Å². The van der Waals surface area contributed by atoms with Gasteiger partial charge in [-0.2, -0.15) is 0 Å². The first-order valence-corrected chi connectivity index (χ1v) is 14.7. The Balaban J connectivity index is 1.78. The minimum absolute atomic E-state index is 0.00145. The van der Waals surface area contributed by atoms with Gasteiger partial charge in [0, 0.05) is 0 Å². The molecule has 3 aliphatic rings. The Morgan fingerprint density at radius 1 is 0.811 bits per heavy atom. The van der Waals surface area contributed by atoms with E-state index in [1.807, 2.05) is 0 Å². The van der Waals surface area contributed by atoms with E-state index in [2.05, 4.69) is 0 Å². The summed E-state index contributed by atoms with van der Waals surface area (Å²) in [4.78, 5) is 22.3. The number of hydrogen-bond acceptors (Lipinski definition) is 8. The molecule has 0 amide bonds. The average Bonchev–Trinajstić information content (AvgIpc) is 2.85. The molecule has 2 aliphatic heterocycles. The highest BCUT2D eigenvalue weighted by Gasteiger charge is 2.32. The summed E-state index contributed by atoms with van der Waals surface area (Å²) in [5.74, 6) is -2.75. The van der Waals surface area contributed by atoms with Gasteiger partial charge < -0.3 is 19.7 Å². The highest BCUT2D eigenvalue weighted by molar-refractivity contribution is 8.04. The minimum Gasteiger partial charge on any atom is -0.478 e. The van der Waals surface area contributed by atoms with E-state index < -0.39 is 41.8 Å². The molecule has 0 spiro atoms. The minimum atomic E-state index is -4.85. The Kier molecular flexibility index (Phi) is 7.99. The molecule has 1 fully saturated rings. The van der Waals surface area contributed by atoms with Gasteiger partial charge in [0.15, 0.2) is 0 Å². The largest absolute Gasteiger partial charge is 0.478 e. The van der Waals surface area contributed by atoms with E-state index >= 15 is 0 Å². The predicted octanol–water partition coefficient (Wildman–Crippen LogP) is 2.19. The van der Waals surface area contributed by atoms with Crippen LogP contribution in [0, 0.1) is 0 Å². The first kappa shape index (κ1) is 27.2. The Morgan fingerprint density at radius 3 is 2.03 bits per heavy atom. The number of sulfonamides is 2. The van der Waals surface area contributed by atoms with Crippen LogP contribution in [0.4, 0.5) is 0 Å². The summed E-state index contributed by atoms with van der Waals surface area (Å²) in [6.07, 6.45) is 3.12. The van der Waals surface area contributed by atoms with Crippen molar-refractivity contribution in [2.24, 2.45) is 0 Å². The Bertz CT molecular complexity index is 1410. The molecule has 3 N–H and O–H groups in total. The van der Waals surface area contributed by atoms with Crippen molar-refractivity contribution in [3.8, 4) is 0 Å². The topological polar surface area (TPSA) is 173 Å². The lowest BCUT2D eigenvalue weighted by Gasteiger charge is -2.28. The standard InChI is InChI=1S/C24H27NO10S2/c26-23(27)16-2-1-3-19(14-16)36(30,31)25-37(32,33)22-15-4-9-21(24(28)29)20(22)11-13-35-18-7-5-17(6-8-18)34-12-10-15/h1-4,9,14,17-18,25H,5-8,10-13H2,(H,26,27)(H,28,29). The quantitative estimate of drug-likeness (QED) is 0.481. The normalized spacial score (nSPS) is 20.9. The number of rotatable bonds is 6. The molecule has 37 heavy (non-hydrogen) atoms. The molecule has 0 radical (unpaired) electrons. The number of aromatic carboxylic acids is 2. The Hall–Kier alpha value is -2.84. The molecule has 200 valence electrons. The summed E-state index contributed by atoms with van der Waals surface area (Å²) < 4.78 is 66.7. The monoisotopic (exact) mass is 553 g/mol. The fraction of sp³-hybridized carbons (Fsp3) is 0.417. The van der Waals surface area contributed by atoms with E-state index in [1.54, 1.807) is 4.13 Å². The van der Waals surface area contributed by atoms with E-state index in [9.17, 15) is 36.6 Å². The van der Waals surface area contributed by atoms with Gasteiger partial charge in [-0.3, -0.25) is 0 Å². The average molecular weight is 554 g/mol. The molecule has 2 aromatic carbocycles. The molecule has 5 rings (SSSR count). The fourth-order valence-corrected chi connectivity index (χ4v) is 8.18. The van der Waals surface area contributed by atoms with E-state index in [4.69, 9.17) is 9.47 Å². The lowest BCUT2D eigenvalue weighted by molar-refractivity contribution is -0.0293. The second-order valence-corrected chi connectivity index (χ2v) is 12.5. The van der Waals surface area contributed by atoms with Gasteiger partial charge in [0.05, 0.1) is 46.3 Å². The van der Waals surface area contributed by atoms with Crippen LogP contribution in [0.2, 0.25) is 0 Å². The Labute approximate surface area is 214 Å². The van der Waals surface area contributed by atoms with Crippen molar-refractivity contribution in [1.82, 2.24) is 4.13 Å². The predicted molar refractivity (Wildman–Crippen MR) is 130 cm³/mol. The second kappa shape index (κ2) is 10.9. The number of fused-ring (bicyclic) bond motifs is 6. The number of nitrogens with one attached hydrogen (secondary N) is 1. The highest BCUT2D eigenvalue weighted by Crippen LogP contribution is 2.30. The number of ether oxygens (including phenoxy) is 2. The first-order chi connectivity index (χ1) is 17.5. The number of hydrogen-bond donors (Lipinski definition) is 3. The molecule has 11 nitrogen and oxygen atoms in total. The van der Waals surface area contributed by atoms with Crippen LogP contribution >= 0.6 is 0 Å². The van der Waals surface area contributed by atoms with Crippen molar-refractivity contribution in [1.29, 1.82) is 0 Å². The highest BCUT2D eigenvalue weighted by atomic mass is 32.3. The molecule has 0 saturated heterocycles. The summed E-state index contributed by atoms with van der Waals surface area (Å²) in [7, 11) is -9.59. The van der Waals surface area contributed by atoms with Crippen LogP contribution < -0.4 is 4.13 Å². The summed E-state index contributed by atoms with van der Waals surface area (Å²) in [6.45, 7) is 0.216. The zero-order valence-corrected chi connectivity index (χ0v) is 21.4. The van der Waals surface area contributed by atoms with Crippen molar-refractivity contribution in [2.45, 2.75) is 60.5 Å². The van der Waals surface area contributed by atoms with Gasteiger partial charge in [0.25, 0.3) is 20.0 Å². The maximum Gasteiger partial charge on any atom is 0.336 e. The number of carboxylic acid groups (broad SMARTS) is 2. The van der Waals surface area contributed by atoms with Crippen molar-refractivity contribution in [3.63, 3.8) is 0 Å². The zero-order valence-electron chi connectivity index (χ0n) is 19.8. The molecule has 0 aromatic heterocycles. The van der Waals surface area contributed by atoms with Crippen LogP contribution in [0.15, 0.2) is 46.2 Å². The molecule has 0 atom stereocenters. The number of carboxylic acids is 2. The van der Waals surface area contributed by atoms with E-state index in [1.165, 1.54) is 24.3 Å². The molecular weight excluding hydrogens is 526 g/mol. The summed E-state index contributed by atoms with van der Waals surface area (Å²) in [5, 5.41) is 19.0.